The van der Waals surface area contributed by atoms with Crippen molar-refractivity contribution < 1.29 is 17.9 Å². The number of nitrogens with zero attached hydrogens (tertiary/aromatic N) is 7. The molecular formula is C37H34F3N7OS. The Kier molecular flexibility index (Phi) is 9.77. The van der Waals surface area contributed by atoms with Crippen molar-refractivity contribution in [2.75, 3.05) is 18.0 Å². The lowest BCUT2D eigenvalue weighted by molar-refractivity contribution is -0.274. The van der Waals surface area contributed by atoms with Gasteiger partial charge < -0.3 is 9.64 Å². The molecule has 0 saturated carbocycles. The first kappa shape index (κ1) is 33.4. The van der Waals surface area contributed by atoms with Crippen LogP contribution < -0.4 is 14.4 Å². The fourth-order valence-corrected chi connectivity index (χ4v) is 6.42. The van der Waals surface area contributed by atoms with Crippen molar-refractivity contribution in [3.8, 4) is 39.8 Å². The van der Waals surface area contributed by atoms with E-state index in [-0.39, 0.29) is 5.75 Å². The van der Waals surface area contributed by atoms with Crippen LogP contribution in [0.2, 0.25) is 0 Å². The molecule has 0 unspecified atom stereocenters. The van der Waals surface area contributed by atoms with Gasteiger partial charge in [-0.25, -0.2) is 9.67 Å². The topological polar surface area (TPSA) is 72.8 Å². The quantitative estimate of drug-likeness (QED) is 0.107. The predicted octanol–water partition coefficient (Wildman–Crippen LogP) is 8.75. The van der Waals surface area contributed by atoms with E-state index in [9.17, 15) is 13.2 Å². The first-order valence-electron chi connectivity index (χ1n) is 15.7. The van der Waals surface area contributed by atoms with Gasteiger partial charge in [0.2, 0.25) is 4.80 Å². The summed E-state index contributed by atoms with van der Waals surface area (Å²) in [7, 11) is 0. The van der Waals surface area contributed by atoms with Crippen LogP contribution in [-0.4, -0.2) is 45.0 Å². The van der Waals surface area contributed by atoms with Crippen molar-refractivity contribution in [3.63, 3.8) is 0 Å². The van der Waals surface area contributed by atoms with Gasteiger partial charge in [0, 0.05) is 29.7 Å². The zero-order valence-electron chi connectivity index (χ0n) is 27.4. The highest BCUT2D eigenvalue weighted by molar-refractivity contribution is 7.07. The van der Waals surface area contributed by atoms with Gasteiger partial charge in [-0.1, -0.05) is 54.6 Å². The molecule has 0 atom stereocenters. The number of hydrogen-bond acceptors (Lipinski definition) is 7. The van der Waals surface area contributed by atoms with Crippen LogP contribution in [0, 0.1) is 13.8 Å². The average Bonchev–Trinajstić information content (AvgIpc) is 3.74. The second-order valence-corrected chi connectivity index (χ2v) is 12.1. The highest BCUT2D eigenvalue weighted by Gasteiger charge is 2.31. The number of anilines is 1. The normalized spacial score (nSPS) is 12.2. The minimum absolute atomic E-state index is 0.305. The van der Waals surface area contributed by atoms with E-state index in [1.165, 1.54) is 52.3 Å². The number of halogens is 3. The Morgan fingerprint density at radius 1 is 0.857 bits per heavy atom. The molecule has 12 heteroatoms. The molecule has 0 saturated heterocycles. The van der Waals surface area contributed by atoms with Crippen molar-refractivity contribution >= 4 is 23.2 Å². The predicted molar refractivity (Wildman–Crippen MR) is 189 cm³/mol. The van der Waals surface area contributed by atoms with Gasteiger partial charge in [-0.05, 0) is 86.3 Å². The summed E-state index contributed by atoms with van der Waals surface area (Å²) in [6, 6.07) is 27.9. The number of hydrogen-bond donors (Lipinski definition) is 0. The van der Waals surface area contributed by atoms with Gasteiger partial charge in [-0.15, -0.1) is 34.7 Å². The molecule has 0 bridgehead atoms. The van der Waals surface area contributed by atoms with Crippen LogP contribution in [0.3, 0.4) is 0 Å². The summed E-state index contributed by atoms with van der Waals surface area (Å²) in [6.07, 6.45) is -1.54. The highest BCUT2D eigenvalue weighted by Crippen LogP contribution is 2.29. The zero-order chi connectivity index (χ0) is 34.5. The van der Waals surface area contributed by atoms with Crippen LogP contribution in [0.4, 0.5) is 18.9 Å². The highest BCUT2D eigenvalue weighted by atomic mass is 32.1. The number of aromatic nitrogens is 4. The van der Waals surface area contributed by atoms with E-state index in [0.717, 1.165) is 57.1 Å². The average molecular weight is 682 g/mol. The van der Waals surface area contributed by atoms with E-state index in [1.807, 2.05) is 24.3 Å². The third-order valence-corrected chi connectivity index (χ3v) is 8.82. The third kappa shape index (κ3) is 7.65. The Bertz CT molecular complexity index is 2110. The number of thiazole rings is 1. The number of rotatable bonds is 10. The molecule has 250 valence electrons. The van der Waals surface area contributed by atoms with Gasteiger partial charge in [-0.3, -0.25) is 4.57 Å². The van der Waals surface area contributed by atoms with Crippen LogP contribution in [-0.2, 0) is 0 Å². The number of aryl methyl sites for hydroxylation is 2. The summed E-state index contributed by atoms with van der Waals surface area (Å²) in [6.45, 7) is 10.4. The van der Waals surface area contributed by atoms with E-state index in [2.05, 4.69) is 110 Å². The molecule has 49 heavy (non-hydrogen) atoms. The van der Waals surface area contributed by atoms with Gasteiger partial charge in [0.05, 0.1) is 23.3 Å². The molecule has 0 N–H and O–H groups in total. The summed E-state index contributed by atoms with van der Waals surface area (Å²) < 4.78 is 45.0. The molecule has 0 aliphatic carbocycles. The molecule has 2 aromatic heterocycles. The molecule has 0 radical (unpaired) electrons. The number of alkyl halides is 3. The number of para-hydroxylation sites is 1. The first-order valence-corrected chi connectivity index (χ1v) is 16.6. The fraction of sp³-hybridized carbons (Fsp3) is 0.189. The maximum Gasteiger partial charge on any atom is 0.573 e. The zero-order valence-corrected chi connectivity index (χ0v) is 28.2. The molecule has 4 aromatic carbocycles. The maximum atomic E-state index is 12.5. The van der Waals surface area contributed by atoms with Crippen LogP contribution in [0.15, 0.2) is 113 Å². The minimum Gasteiger partial charge on any atom is -0.406 e. The summed E-state index contributed by atoms with van der Waals surface area (Å²) in [4.78, 5) is 7.44. The Labute approximate surface area is 286 Å². The molecule has 0 amide bonds. The van der Waals surface area contributed by atoms with Crippen LogP contribution >= 0.6 is 11.3 Å². The van der Waals surface area contributed by atoms with Crippen molar-refractivity contribution in [1.29, 1.82) is 0 Å². The van der Waals surface area contributed by atoms with E-state index >= 15 is 0 Å². The maximum absolute atomic E-state index is 12.5. The molecule has 0 aliphatic heterocycles. The van der Waals surface area contributed by atoms with E-state index in [4.69, 9.17) is 0 Å². The molecular weight excluding hydrogens is 648 g/mol. The van der Waals surface area contributed by atoms with E-state index in [0.29, 0.717) is 11.5 Å². The third-order valence-electron chi connectivity index (χ3n) is 8.01. The van der Waals surface area contributed by atoms with Gasteiger partial charge in [0.15, 0.2) is 5.82 Å². The van der Waals surface area contributed by atoms with Gasteiger partial charge in [0.1, 0.15) is 12.1 Å². The smallest absolute Gasteiger partial charge is 0.406 e. The van der Waals surface area contributed by atoms with Gasteiger partial charge in [0.25, 0.3) is 0 Å². The van der Waals surface area contributed by atoms with E-state index < -0.39 is 6.36 Å². The monoisotopic (exact) mass is 681 g/mol. The van der Waals surface area contributed by atoms with Crippen molar-refractivity contribution in [2.45, 2.75) is 34.1 Å². The Balaban J connectivity index is 1.24. The fourth-order valence-electron chi connectivity index (χ4n) is 5.57. The summed E-state index contributed by atoms with van der Waals surface area (Å²) in [5.74, 6) is 0.163. The standard InChI is InChI=1S/C37H34F3N7OS/c1-5-45(6-2)30-16-14-28(15-17-30)33-23-49-36(47(33)34-25(3)8-7-9-26(34)4)43-42-22-27-10-12-29(13-11-27)35-41-24-46(44-35)31-18-20-32(21-19-31)48-37(38,39)40/h7-24H,5-6H2,1-4H3/b42-22?,43-36-. The lowest BCUT2D eigenvalue weighted by atomic mass is 10.1. The molecule has 6 rings (SSSR count). The van der Waals surface area contributed by atoms with Crippen LogP contribution in [0.5, 0.6) is 5.75 Å². The van der Waals surface area contributed by atoms with Gasteiger partial charge in [-0.2, -0.15) is 5.10 Å². The van der Waals surface area contributed by atoms with Gasteiger partial charge >= 0.3 is 6.36 Å². The summed E-state index contributed by atoms with van der Waals surface area (Å²) in [5, 5.41) is 15.7. The molecule has 8 nitrogen and oxygen atoms in total. The van der Waals surface area contributed by atoms with Crippen LogP contribution in [0.1, 0.15) is 30.5 Å². The minimum atomic E-state index is -4.75. The molecule has 0 spiro atoms. The van der Waals surface area contributed by atoms with Crippen molar-refractivity contribution in [2.24, 2.45) is 10.2 Å². The largest absolute Gasteiger partial charge is 0.573 e. The van der Waals surface area contributed by atoms with Crippen molar-refractivity contribution in [1.82, 2.24) is 19.3 Å². The Morgan fingerprint density at radius 2 is 1.51 bits per heavy atom. The molecule has 0 aliphatic rings. The lowest BCUT2D eigenvalue weighted by Crippen LogP contribution is -2.21. The second-order valence-electron chi connectivity index (χ2n) is 11.2. The Hall–Kier alpha value is -5.49. The number of ether oxygens (including phenoxy) is 1. The summed E-state index contributed by atoms with van der Waals surface area (Å²) in [5.41, 5.74) is 8.87. The molecule has 6 aromatic rings. The SMILES string of the molecule is CCN(CC)c1ccc(-c2cs/c(=N\N=Cc3ccc(-c4ncn(-c5ccc(OC(F)(F)F)cc5)n4)cc3)n2-c2c(C)cccc2C)cc1. The lowest BCUT2D eigenvalue weighted by Gasteiger charge is -2.21. The van der Waals surface area contributed by atoms with Crippen molar-refractivity contribution in [3.05, 3.63) is 124 Å². The number of benzene rings is 4. The summed E-state index contributed by atoms with van der Waals surface area (Å²) >= 11 is 1.54. The Morgan fingerprint density at radius 3 is 2.14 bits per heavy atom. The molecule has 0 fully saturated rings. The second kappa shape index (κ2) is 14.3. The first-order chi connectivity index (χ1) is 23.6. The van der Waals surface area contributed by atoms with Crippen LogP contribution in [0.25, 0.3) is 34.0 Å². The molecule has 2 heterocycles. The van der Waals surface area contributed by atoms with E-state index in [1.54, 1.807) is 6.21 Å².